The molecule has 0 bridgehead atoms. The van der Waals surface area contributed by atoms with Gasteiger partial charge in [0.05, 0.1) is 5.69 Å². The van der Waals surface area contributed by atoms with Crippen molar-refractivity contribution in [1.82, 2.24) is 24.8 Å². The Morgan fingerprint density at radius 2 is 1.81 bits per heavy atom. The molecule has 0 spiro atoms. The van der Waals surface area contributed by atoms with E-state index in [4.69, 9.17) is 5.10 Å². The van der Waals surface area contributed by atoms with E-state index in [1.165, 1.54) is 16.7 Å². The van der Waals surface area contributed by atoms with Crippen molar-refractivity contribution in [2.24, 2.45) is 0 Å². The number of hydrogen-bond acceptors (Lipinski definition) is 5. The van der Waals surface area contributed by atoms with Gasteiger partial charge in [-0.1, -0.05) is 29.5 Å². The van der Waals surface area contributed by atoms with Crippen LogP contribution in [0, 0.1) is 0 Å². The van der Waals surface area contributed by atoms with Gasteiger partial charge in [0, 0.05) is 36.2 Å². The topological polar surface area (TPSA) is 62.1 Å². The molecule has 3 heterocycles. The zero-order valence-electron chi connectivity index (χ0n) is 14.3. The molecule has 0 aliphatic heterocycles. The molecule has 7 heteroatoms. The fourth-order valence-corrected chi connectivity index (χ4v) is 3.81. The van der Waals surface area contributed by atoms with Crippen LogP contribution < -0.4 is 4.90 Å². The van der Waals surface area contributed by atoms with Crippen LogP contribution in [0.5, 0.6) is 0 Å². The van der Waals surface area contributed by atoms with E-state index in [0.717, 1.165) is 38.3 Å². The van der Waals surface area contributed by atoms with Crippen LogP contribution in [0.15, 0.2) is 54.6 Å². The van der Waals surface area contributed by atoms with Crippen LogP contribution in [0.4, 0.5) is 5.69 Å². The van der Waals surface area contributed by atoms with E-state index in [-0.39, 0.29) is 0 Å². The fourth-order valence-electron chi connectivity index (χ4n) is 3.00. The molecule has 0 aliphatic carbocycles. The highest BCUT2D eigenvalue weighted by Gasteiger charge is 2.15. The quantitative estimate of drug-likeness (QED) is 0.527. The maximum atomic E-state index is 4.74. The van der Waals surface area contributed by atoms with Crippen molar-refractivity contribution in [2.45, 2.75) is 0 Å². The summed E-state index contributed by atoms with van der Waals surface area (Å²) in [5.41, 5.74) is 4.24. The van der Waals surface area contributed by atoms with Crippen molar-refractivity contribution in [3.8, 4) is 22.1 Å². The third kappa shape index (κ3) is 2.36. The van der Waals surface area contributed by atoms with Gasteiger partial charge in [0.15, 0.2) is 10.8 Å². The molecular formula is C19H16N6S. The van der Waals surface area contributed by atoms with Gasteiger partial charge in [-0.15, -0.1) is 10.2 Å². The van der Waals surface area contributed by atoms with Gasteiger partial charge < -0.3 is 9.88 Å². The Morgan fingerprint density at radius 3 is 2.58 bits per heavy atom. The van der Waals surface area contributed by atoms with Crippen molar-refractivity contribution < 1.29 is 0 Å². The summed E-state index contributed by atoms with van der Waals surface area (Å²) in [7, 11) is 4.05. The molecule has 128 valence electrons. The lowest BCUT2D eigenvalue weighted by molar-refractivity contribution is 0.968. The molecular weight excluding hydrogens is 344 g/mol. The molecule has 6 nitrogen and oxygen atoms in total. The first-order chi connectivity index (χ1) is 12.7. The van der Waals surface area contributed by atoms with E-state index in [1.807, 2.05) is 42.9 Å². The largest absolute Gasteiger partial charge is 0.378 e. The normalized spacial score (nSPS) is 11.5. The maximum absolute atomic E-state index is 4.74. The van der Waals surface area contributed by atoms with Crippen LogP contribution in [-0.2, 0) is 0 Å². The van der Waals surface area contributed by atoms with E-state index in [0.29, 0.717) is 0 Å². The van der Waals surface area contributed by atoms with Crippen LogP contribution >= 0.6 is 11.3 Å². The highest BCUT2D eigenvalue weighted by Crippen LogP contribution is 2.30. The number of nitrogens with zero attached hydrogens (tertiary/aromatic N) is 5. The van der Waals surface area contributed by atoms with Gasteiger partial charge in [0.2, 0.25) is 4.96 Å². The molecule has 2 aromatic carbocycles. The smallest absolute Gasteiger partial charge is 0.235 e. The Balaban J connectivity index is 1.58. The van der Waals surface area contributed by atoms with Gasteiger partial charge in [0.1, 0.15) is 0 Å². The third-order valence-corrected chi connectivity index (χ3v) is 5.33. The molecule has 26 heavy (non-hydrogen) atoms. The van der Waals surface area contributed by atoms with Crippen molar-refractivity contribution in [3.63, 3.8) is 0 Å². The molecule has 0 unspecified atom stereocenters. The van der Waals surface area contributed by atoms with E-state index in [9.17, 15) is 0 Å². The number of hydrogen-bond donors (Lipinski definition) is 1. The van der Waals surface area contributed by atoms with Gasteiger partial charge >= 0.3 is 0 Å². The molecule has 0 amide bonds. The average Bonchev–Trinajstić information content (AvgIpc) is 3.34. The summed E-state index contributed by atoms with van der Waals surface area (Å²) in [5.74, 6) is 0.754. The van der Waals surface area contributed by atoms with Crippen molar-refractivity contribution >= 4 is 32.9 Å². The second-order valence-electron chi connectivity index (χ2n) is 6.34. The molecule has 5 rings (SSSR count). The van der Waals surface area contributed by atoms with Crippen LogP contribution in [0.2, 0.25) is 0 Å². The van der Waals surface area contributed by atoms with Gasteiger partial charge in [-0.25, -0.2) is 0 Å². The summed E-state index contributed by atoms with van der Waals surface area (Å²) < 4.78 is 1.82. The van der Waals surface area contributed by atoms with Crippen LogP contribution in [0.25, 0.3) is 38.0 Å². The van der Waals surface area contributed by atoms with E-state index < -0.39 is 0 Å². The molecule has 0 radical (unpaired) electrons. The third-order valence-electron chi connectivity index (χ3n) is 4.39. The number of nitrogens with one attached hydrogen (secondary N) is 1. The monoisotopic (exact) mass is 360 g/mol. The molecule has 3 aromatic heterocycles. The number of aromatic nitrogens is 5. The van der Waals surface area contributed by atoms with Gasteiger partial charge in [-0.05, 0) is 36.4 Å². The predicted octanol–water partition coefficient (Wildman–Crippen LogP) is 4.07. The minimum Gasteiger partial charge on any atom is -0.378 e. The molecule has 0 saturated carbocycles. The zero-order chi connectivity index (χ0) is 17.7. The summed E-state index contributed by atoms with van der Waals surface area (Å²) in [4.78, 5) is 6.27. The first-order valence-corrected chi connectivity index (χ1v) is 9.09. The number of benzene rings is 2. The highest BCUT2D eigenvalue weighted by molar-refractivity contribution is 7.19. The second kappa shape index (κ2) is 5.67. The Morgan fingerprint density at radius 1 is 1.00 bits per heavy atom. The van der Waals surface area contributed by atoms with Gasteiger partial charge in [-0.2, -0.15) is 9.61 Å². The summed E-state index contributed by atoms with van der Waals surface area (Å²) in [5, 5.41) is 15.4. The summed E-state index contributed by atoms with van der Waals surface area (Å²) in [6.07, 6.45) is 0. The number of rotatable bonds is 3. The highest BCUT2D eigenvalue weighted by atomic mass is 32.1. The van der Waals surface area contributed by atoms with E-state index in [1.54, 1.807) is 0 Å². The Bertz CT molecular complexity index is 1180. The van der Waals surface area contributed by atoms with Gasteiger partial charge in [0.25, 0.3) is 0 Å². The summed E-state index contributed by atoms with van der Waals surface area (Å²) >= 11 is 1.53. The van der Waals surface area contributed by atoms with E-state index in [2.05, 4.69) is 50.4 Å². The number of para-hydroxylation sites is 1. The standard InChI is InChI=1S/C19H16N6S/c1-24(2)14-9-7-12(8-10-14)17-21-22-19-25(17)23-18(26-19)16-11-13-5-3-4-6-15(13)20-16/h3-11,20H,1-2H3. The second-order valence-corrected chi connectivity index (χ2v) is 7.29. The van der Waals surface area contributed by atoms with Gasteiger partial charge in [-0.3, -0.25) is 0 Å². The summed E-state index contributed by atoms with van der Waals surface area (Å²) in [6.45, 7) is 0. The lowest BCUT2D eigenvalue weighted by Crippen LogP contribution is -2.08. The van der Waals surface area contributed by atoms with Crippen LogP contribution in [0.3, 0.4) is 0 Å². The molecule has 0 saturated heterocycles. The summed E-state index contributed by atoms with van der Waals surface area (Å²) in [6, 6.07) is 18.6. The average molecular weight is 360 g/mol. The minimum atomic E-state index is 0.754. The van der Waals surface area contributed by atoms with Crippen LogP contribution in [-0.4, -0.2) is 38.9 Å². The van der Waals surface area contributed by atoms with E-state index >= 15 is 0 Å². The molecule has 0 atom stereocenters. The molecule has 1 N–H and O–H groups in total. The Hall–Kier alpha value is -3.19. The number of aromatic amines is 1. The molecule has 0 fully saturated rings. The number of H-pyrrole nitrogens is 1. The Labute approximate surface area is 153 Å². The van der Waals surface area contributed by atoms with Crippen molar-refractivity contribution in [2.75, 3.05) is 19.0 Å². The maximum Gasteiger partial charge on any atom is 0.235 e. The first-order valence-electron chi connectivity index (χ1n) is 8.27. The first kappa shape index (κ1) is 15.1. The van der Waals surface area contributed by atoms with Crippen LogP contribution in [0.1, 0.15) is 0 Å². The minimum absolute atomic E-state index is 0.754. The zero-order valence-corrected chi connectivity index (χ0v) is 15.2. The Kier molecular flexibility index (Phi) is 3.29. The SMILES string of the molecule is CN(C)c1ccc(-c2nnc3sc(-c4cc5ccccc5[nH]4)nn23)cc1. The van der Waals surface area contributed by atoms with Crippen molar-refractivity contribution in [3.05, 3.63) is 54.6 Å². The molecule has 0 aliphatic rings. The number of fused-ring (bicyclic) bond motifs is 2. The lowest BCUT2D eigenvalue weighted by atomic mass is 10.2. The predicted molar refractivity (Wildman–Crippen MR) is 106 cm³/mol. The number of anilines is 1. The van der Waals surface area contributed by atoms with Crippen molar-refractivity contribution in [1.29, 1.82) is 0 Å². The fraction of sp³-hybridized carbons (Fsp3) is 0.105. The molecule has 5 aromatic rings. The lowest BCUT2D eigenvalue weighted by Gasteiger charge is -2.11.